The minimum absolute atomic E-state index is 0.0952. The Morgan fingerprint density at radius 3 is 2.45 bits per heavy atom. The first-order valence-corrected chi connectivity index (χ1v) is 12.5. The molecule has 0 unspecified atom stereocenters. The number of ether oxygens (including phenoxy) is 1. The van der Waals surface area contributed by atoms with Crippen molar-refractivity contribution in [3.63, 3.8) is 0 Å². The lowest BCUT2D eigenvalue weighted by molar-refractivity contribution is -0.135. The van der Waals surface area contributed by atoms with Crippen molar-refractivity contribution in [2.24, 2.45) is 0 Å². The average molecular weight is 422 g/mol. The number of sulfone groups is 1. The molecule has 1 amide bonds. The third-order valence-electron chi connectivity index (χ3n) is 6.07. The first kappa shape index (κ1) is 20.5. The number of rotatable bonds is 7. The predicted octanol–water partition coefficient (Wildman–Crippen LogP) is 1.39. The highest BCUT2D eigenvalue weighted by molar-refractivity contribution is 7.91. The summed E-state index contributed by atoms with van der Waals surface area (Å²) < 4.78 is 29.5. The summed E-state index contributed by atoms with van der Waals surface area (Å²) in [6, 6.07) is 8.22. The molecule has 1 aromatic carbocycles. The number of benzene rings is 1. The first-order valence-electron chi connectivity index (χ1n) is 10.7. The van der Waals surface area contributed by atoms with Crippen LogP contribution in [-0.4, -0.2) is 87.0 Å². The number of piperazine rings is 1. The lowest BCUT2D eigenvalue weighted by atomic mass is 10.2. The fourth-order valence-corrected chi connectivity index (χ4v) is 6.18. The van der Waals surface area contributed by atoms with Crippen molar-refractivity contribution >= 4 is 21.4 Å². The van der Waals surface area contributed by atoms with Crippen molar-refractivity contribution in [1.82, 2.24) is 9.80 Å². The zero-order chi connectivity index (χ0) is 20.4. The van der Waals surface area contributed by atoms with Crippen molar-refractivity contribution in [3.05, 3.63) is 24.3 Å². The van der Waals surface area contributed by atoms with Gasteiger partial charge in [-0.3, -0.25) is 9.69 Å². The summed E-state index contributed by atoms with van der Waals surface area (Å²) in [6.45, 7) is 6.33. The molecule has 3 fully saturated rings. The molecule has 29 heavy (non-hydrogen) atoms. The third-order valence-corrected chi connectivity index (χ3v) is 7.82. The van der Waals surface area contributed by atoms with E-state index >= 15 is 0 Å². The van der Waals surface area contributed by atoms with Gasteiger partial charge in [-0.05, 0) is 38.3 Å². The van der Waals surface area contributed by atoms with E-state index in [9.17, 15) is 13.2 Å². The van der Waals surface area contributed by atoms with Gasteiger partial charge in [0, 0.05) is 38.3 Å². The highest BCUT2D eigenvalue weighted by Crippen LogP contribution is 2.33. The Hall–Kier alpha value is -1.80. The number of nitrogens with zero attached hydrogens (tertiary/aromatic N) is 3. The minimum Gasteiger partial charge on any atom is -0.492 e. The van der Waals surface area contributed by atoms with Crippen LogP contribution in [-0.2, 0) is 14.6 Å². The molecule has 1 aromatic rings. The molecule has 7 nitrogen and oxygen atoms in total. The van der Waals surface area contributed by atoms with Crippen LogP contribution in [0.25, 0.3) is 0 Å². The van der Waals surface area contributed by atoms with Crippen LogP contribution in [0.2, 0.25) is 0 Å². The number of anilines is 1. The minimum atomic E-state index is -2.99. The molecule has 0 radical (unpaired) electrons. The lowest BCUT2D eigenvalue weighted by Crippen LogP contribution is -2.52. The van der Waals surface area contributed by atoms with Crippen LogP contribution in [0.1, 0.15) is 26.2 Å². The molecule has 2 saturated heterocycles. The summed E-state index contributed by atoms with van der Waals surface area (Å²) in [5.74, 6) is 1.35. The molecule has 160 valence electrons. The average Bonchev–Trinajstić information content (AvgIpc) is 3.46. The van der Waals surface area contributed by atoms with Crippen molar-refractivity contribution in [1.29, 1.82) is 0 Å². The maximum absolute atomic E-state index is 13.0. The molecule has 1 atom stereocenters. The molecule has 0 N–H and O–H groups in total. The Labute approximate surface area is 173 Å². The molecule has 0 spiro atoms. The van der Waals surface area contributed by atoms with Crippen molar-refractivity contribution in [2.45, 2.75) is 38.3 Å². The lowest BCUT2D eigenvalue weighted by Gasteiger charge is -2.38. The summed E-state index contributed by atoms with van der Waals surface area (Å²) in [5.41, 5.74) is 1.11. The number of para-hydroxylation sites is 2. The largest absolute Gasteiger partial charge is 0.492 e. The van der Waals surface area contributed by atoms with Gasteiger partial charge in [0.2, 0.25) is 5.91 Å². The molecule has 0 aromatic heterocycles. The number of hydrogen-bond donors (Lipinski definition) is 0. The summed E-state index contributed by atoms with van der Waals surface area (Å²) in [6.07, 6.45) is 2.60. The van der Waals surface area contributed by atoms with E-state index < -0.39 is 9.84 Å². The third kappa shape index (κ3) is 4.86. The van der Waals surface area contributed by atoms with E-state index in [0.29, 0.717) is 19.6 Å². The van der Waals surface area contributed by atoms with Gasteiger partial charge in [-0.2, -0.15) is 0 Å². The van der Waals surface area contributed by atoms with Crippen LogP contribution in [0.15, 0.2) is 24.3 Å². The van der Waals surface area contributed by atoms with Gasteiger partial charge in [0.1, 0.15) is 5.75 Å². The molecule has 4 rings (SSSR count). The van der Waals surface area contributed by atoms with Gasteiger partial charge < -0.3 is 14.5 Å². The molecule has 1 saturated carbocycles. The topological polar surface area (TPSA) is 70.2 Å². The van der Waals surface area contributed by atoms with Gasteiger partial charge in [0.25, 0.3) is 0 Å². The molecule has 8 heteroatoms. The zero-order valence-electron chi connectivity index (χ0n) is 17.1. The predicted molar refractivity (Wildman–Crippen MR) is 113 cm³/mol. The van der Waals surface area contributed by atoms with E-state index in [1.54, 1.807) is 0 Å². The molecule has 2 aliphatic heterocycles. The van der Waals surface area contributed by atoms with Crippen LogP contribution < -0.4 is 9.64 Å². The van der Waals surface area contributed by atoms with Gasteiger partial charge in [-0.25, -0.2) is 8.42 Å². The van der Waals surface area contributed by atoms with E-state index in [1.807, 2.05) is 30.0 Å². The Morgan fingerprint density at radius 2 is 1.83 bits per heavy atom. The van der Waals surface area contributed by atoms with Gasteiger partial charge in [-0.15, -0.1) is 0 Å². The second-order valence-electron chi connectivity index (χ2n) is 8.25. The summed E-state index contributed by atoms with van der Waals surface area (Å²) >= 11 is 0. The smallest absolute Gasteiger partial charge is 0.237 e. The summed E-state index contributed by atoms with van der Waals surface area (Å²) in [5, 5.41) is 0. The van der Waals surface area contributed by atoms with E-state index in [0.717, 1.165) is 50.5 Å². The van der Waals surface area contributed by atoms with Crippen LogP contribution in [0.5, 0.6) is 5.75 Å². The van der Waals surface area contributed by atoms with Crippen LogP contribution >= 0.6 is 0 Å². The highest BCUT2D eigenvalue weighted by Gasteiger charge is 2.42. The van der Waals surface area contributed by atoms with Crippen molar-refractivity contribution in [3.8, 4) is 5.75 Å². The second kappa shape index (κ2) is 8.52. The number of carbonyl (C=O) groups is 1. The van der Waals surface area contributed by atoms with E-state index in [4.69, 9.17) is 4.74 Å². The van der Waals surface area contributed by atoms with Gasteiger partial charge in [-0.1, -0.05) is 12.1 Å². The van der Waals surface area contributed by atoms with Crippen molar-refractivity contribution in [2.75, 3.05) is 55.7 Å². The maximum Gasteiger partial charge on any atom is 0.237 e. The van der Waals surface area contributed by atoms with E-state index in [1.165, 1.54) is 0 Å². The van der Waals surface area contributed by atoms with Gasteiger partial charge >= 0.3 is 0 Å². The van der Waals surface area contributed by atoms with Crippen molar-refractivity contribution < 1.29 is 17.9 Å². The number of amides is 1. The Bertz CT molecular complexity index is 832. The molecule has 1 aliphatic carbocycles. The molecular formula is C21H31N3O4S. The number of hydrogen-bond acceptors (Lipinski definition) is 6. The zero-order valence-corrected chi connectivity index (χ0v) is 17.9. The van der Waals surface area contributed by atoms with E-state index in [-0.39, 0.29) is 29.5 Å². The fraction of sp³-hybridized carbons (Fsp3) is 0.667. The summed E-state index contributed by atoms with van der Waals surface area (Å²) in [7, 11) is -2.99. The quantitative estimate of drug-likeness (QED) is 0.663. The monoisotopic (exact) mass is 421 g/mol. The standard InChI is InChI=1S/C21H31N3O4S/c1-2-28-20-6-4-3-5-19(20)23-12-10-22(11-13-23)15-21(25)24(17-7-8-17)18-9-14-29(26,27)16-18/h3-6,17-18H,2,7-16H2,1H3/t18-/m1/s1. The highest BCUT2D eigenvalue weighted by atomic mass is 32.2. The first-order chi connectivity index (χ1) is 14.0. The molecule has 3 aliphatic rings. The van der Waals surface area contributed by atoms with Crippen LogP contribution in [0.4, 0.5) is 5.69 Å². The second-order valence-corrected chi connectivity index (χ2v) is 10.5. The summed E-state index contributed by atoms with van der Waals surface area (Å²) in [4.78, 5) is 19.5. The number of carbonyl (C=O) groups excluding carboxylic acids is 1. The molecule has 0 bridgehead atoms. The Balaban J connectivity index is 1.34. The fourth-order valence-electron chi connectivity index (χ4n) is 4.47. The Morgan fingerprint density at radius 1 is 1.10 bits per heavy atom. The van der Waals surface area contributed by atoms with Gasteiger partial charge in [0.05, 0.1) is 30.3 Å². The Kier molecular flexibility index (Phi) is 6.01. The SMILES string of the molecule is CCOc1ccccc1N1CCN(CC(=O)N(C2CC2)[C@@H]2CCS(=O)(=O)C2)CC1. The normalized spacial score (nSPS) is 24.4. The van der Waals surface area contributed by atoms with Gasteiger partial charge in [0.15, 0.2) is 9.84 Å². The van der Waals surface area contributed by atoms with E-state index in [2.05, 4.69) is 15.9 Å². The van der Waals surface area contributed by atoms with Crippen LogP contribution in [0, 0.1) is 0 Å². The maximum atomic E-state index is 13.0. The molecular weight excluding hydrogens is 390 g/mol. The van der Waals surface area contributed by atoms with Crippen LogP contribution in [0.3, 0.4) is 0 Å². The molecule has 2 heterocycles.